The van der Waals surface area contributed by atoms with Crippen molar-refractivity contribution in [3.05, 3.63) is 23.8 Å². The average molecular weight is 483 g/mol. The minimum atomic E-state index is -4.67. The van der Waals surface area contributed by atoms with Crippen LogP contribution in [0.5, 0.6) is 11.5 Å². The number of nitrogens with one attached hydrogen (secondary N) is 1. The fourth-order valence-corrected chi connectivity index (χ4v) is 3.66. The van der Waals surface area contributed by atoms with Crippen LogP contribution in [0.3, 0.4) is 0 Å². The largest absolute Gasteiger partial charge is 0.493 e. The van der Waals surface area contributed by atoms with E-state index in [2.05, 4.69) is 0 Å². The van der Waals surface area contributed by atoms with Crippen molar-refractivity contribution < 1.29 is 80.7 Å². The molecule has 1 aromatic carbocycles. The molecule has 33 heavy (non-hydrogen) atoms. The molecule has 1 unspecified atom stereocenters. The lowest BCUT2D eigenvalue weighted by Gasteiger charge is -2.39. The number of benzene rings is 1. The third-order valence-electron chi connectivity index (χ3n) is 5.62. The second-order valence-electron chi connectivity index (χ2n) is 7.68. The van der Waals surface area contributed by atoms with E-state index in [9.17, 15) is 71.2 Å². The summed E-state index contributed by atoms with van der Waals surface area (Å²) in [4.78, 5) is 11.7. The number of carbonyl (C=O) groups excluding carboxylic acids is 1. The molecule has 0 aromatic heterocycles. The summed E-state index contributed by atoms with van der Waals surface area (Å²) < 4.78 is 9.55. The fourth-order valence-electron chi connectivity index (χ4n) is 3.66. The van der Waals surface area contributed by atoms with E-state index in [1.807, 2.05) is 0 Å². The topological polar surface area (TPSA) is 311 Å². The van der Waals surface area contributed by atoms with E-state index in [1.165, 1.54) is 5.32 Å². The summed E-state index contributed by atoms with van der Waals surface area (Å²) in [6.07, 6.45) is 0. The maximum absolute atomic E-state index is 11.7. The van der Waals surface area contributed by atoms with Crippen molar-refractivity contribution in [2.24, 2.45) is 0 Å². The van der Waals surface area contributed by atoms with Crippen molar-refractivity contribution >= 4 is 5.91 Å². The standard InChI is InChI=1S/C16H21NO16/c1-32-6-3-2-5(8-10(19,20)9(18)17-11(8,21)22)4-7(6)33-16(31)14(27,28)12(23,24)13(25,26)15(16,29)30/h2-4,8,19-31H,1H3,(H,17,18). The van der Waals surface area contributed by atoms with E-state index in [0.717, 1.165) is 19.2 Å². The summed E-state index contributed by atoms with van der Waals surface area (Å²) in [5.41, 5.74) is -0.595. The number of carbonyl (C=O) groups is 1. The Balaban J connectivity index is 2.18. The van der Waals surface area contributed by atoms with Crippen LogP contribution in [-0.2, 0) is 4.79 Å². The van der Waals surface area contributed by atoms with Gasteiger partial charge in [-0.1, -0.05) is 6.07 Å². The number of hydrogen-bond donors (Lipinski definition) is 14. The maximum atomic E-state index is 11.7. The number of methoxy groups -OCH3 is 1. The molecule has 0 bridgehead atoms. The van der Waals surface area contributed by atoms with Gasteiger partial charge in [0, 0.05) is 0 Å². The van der Waals surface area contributed by atoms with Gasteiger partial charge < -0.3 is 75.9 Å². The van der Waals surface area contributed by atoms with Gasteiger partial charge in [0.2, 0.25) is 0 Å². The van der Waals surface area contributed by atoms with E-state index < -0.39 is 69.5 Å². The highest BCUT2D eigenvalue weighted by molar-refractivity contribution is 5.88. The Kier molecular flexibility index (Phi) is 5.13. The zero-order valence-electron chi connectivity index (χ0n) is 16.3. The molecule has 1 aliphatic carbocycles. The molecule has 1 saturated carbocycles. The number of hydrogen-bond acceptors (Lipinski definition) is 16. The number of ether oxygens (including phenoxy) is 2. The van der Waals surface area contributed by atoms with Crippen molar-refractivity contribution in [2.75, 3.05) is 7.11 Å². The molecular weight excluding hydrogens is 462 g/mol. The predicted octanol–water partition coefficient (Wildman–Crippen LogP) is -7.97. The first-order valence-corrected chi connectivity index (χ1v) is 8.74. The first-order valence-electron chi connectivity index (χ1n) is 8.74. The summed E-state index contributed by atoms with van der Waals surface area (Å²) in [6, 6.07) is 2.32. The monoisotopic (exact) mass is 483 g/mol. The molecule has 2 fully saturated rings. The molecule has 2 aliphatic rings. The van der Waals surface area contributed by atoms with Gasteiger partial charge in [0.25, 0.3) is 40.8 Å². The van der Waals surface area contributed by atoms with Crippen LogP contribution < -0.4 is 14.8 Å². The van der Waals surface area contributed by atoms with Crippen molar-refractivity contribution in [1.82, 2.24) is 5.32 Å². The molecule has 1 aliphatic heterocycles. The summed E-state index contributed by atoms with van der Waals surface area (Å²) in [6.45, 7) is 0. The molecular formula is C16H21NO16. The SMILES string of the molecule is COc1ccc(C2C(O)(O)NC(=O)C2(O)O)cc1OC1(O)C(O)(O)C(O)(O)C(O)(O)C1(O)O. The van der Waals surface area contributed by atoms with Crippen LogP contribution in [0, 0.1) is 0 Å². The molecule has 186 valence electrons. The molecule has 1 heterocycles. The van der Waals surface area contributed by atoms with E-state index in [4.69, 9.17) is 9.47 Å². The second kappa shape index (κ2) is 6.67. The summed E-state index contributed by atoms with van der Waals surface area (Å²) in [5, 5.41) is 131. The van der Waals surface area contributed by atoms with Crippen LogP contribution in [0.25, 0.3) is 0 Å². The first kappa shape index (κ1) is 25.4. The van der Waals surface area contributed by atoms with Crippen molar-refractivity contribution in [3.63, 3.8) is 0 Å². The van der Waals surface area contributed by atoms with Crippen LogP contribution in [0.15, 0.2) is 18.2 Å². The molecule has 0 radical (unpaired) electrons. The Bertz CT molecular complexity index is 957. The second-order valence-corrected chi connectivity index (χ2v) is 7.68. The molecule has 1 amide bonds. The van der Waals surface area contributed by atoms with E-state index in [-0.39, 0.29) is 0 Å². The van der Waals surface area contributed by atoms with Gasteiger partial charge in [-0.15, -0.1) is 0 Å². The van der Waals surface area contributed by atoms with Gasteiger partial charge in [0.15, 0.2) is 11.5 Å². The van der Waals surface area contributed by atoms with Crippen LogP contribution in [0.1, 0.15) is 11.5 Å². The van der Waals surface area contributed by atoms with Gasteiger partial charge in [-0.2, -0.15) is 0 Å². The van der Waals surface area contributed by atoms with Gasteiger partial charge in [-0.25, -0.2) is 0 Å². The smallest absolute Gasteiger partial charge is 0.329 e. The Labute approximate surface area is 181 Å². The molecule has 17 nitrogen and oxygen atoms in total. The minimum absolute atomic E-state index is 0.533. The predicted molar refractivity (Wildman–Crippen MR) is 92.5 cm³/mol. The highest BCUT2D eigenvalue weighted by Crippen LogP contribution is 2.55. The van der Waals surface area contributed by atoms with E-state index >= 15 is 0 Å². The maximum Gasteiger partial charge on any atom is 0.329 e. The molecule has 1 aromatic rings. The Hall–Kier alpha value is -2.23. The summed E-state index contributed by atoms with van der Waals surface area (Å²) >= 11 is 0. The van der Waals surface area contributed by atoms with Crippen molar-refractivity contribution in [3.8, 4) is 11.5 Å². The van der Waals surface area contributed by atoms with Gasteiger partial charge in [-0.3, -0.25) is 10.1 Å². The van der Waals surface area contributed by atoms with Crippen molar-refractivity contribution in [2.45, 2.75) is 46.6 Å². The summed E-state index contributed by atoms with van der Waals surface area (Å²) in [5.74, 6) is -35.4. The van der Waals surface area contributed by atoms with Crippen molar-refractivity contribution in [1.29, 1.82) is 0 Å². The van der Waals surface area contributed by atoms with E-state index in [0.29, 0.717) is 6.07 Å². The third-order valence-corrected chi connectivity index (χ3v) is 5.62. The van der Waals surface area contributed by atoms with E-state index in [1.54, 1.807) is 0 Å². The summed E-state index contributed by atoms with van der Waals surface area (Å²) in [7, 11) is 0.965. The number of rotatable bonds is 4. The molecule has 14 N–H and O–H groups in total. The quantitative estimate of drug-likeness (QED) is 0.177. The zero-order valence-corrected chi connectivity index (χ0v) is 16.3. The van der Waals surface area contributed by atoms with Gasteiger partial charge in [-0.05, 0) is 17.7 Å². The van der Waals surface area contributed by atoms with Crippen LogP contribution in [-0.4, -0.2) is 120 Å². The van der Waals surface area contributed by atoms with Gasteiger partial charge in [0.1, 0.15) is 5.92 Å². The lowest BCUT2D eigenvalue weighted by atomic mass is 9.90. The van der Waals surface area contributed by atoms with Crippen LogP contribution in [0.4, 0.5) is 0 Å². The third kappa shape index (κ3) is 2.85. The Morgan fingerprint density at radius 2 is 1.24 bits per heavy atom. The Morgan fingerprint density at radius 3 is 1.64 bits per heavy atom. The Morgan fingerprint density at radius 1 is 0.758 bits per heavy atom. The van der Waals surface area contributed by atoms with Gasteiger partial charge in [0.05, 0.1) is 7.11 Å². The highest BCUT2D eigenvalue weighted by Gasteiger charge is 2.93. The number of aliphatic hydroxyl groups is 13. The molecule has 17 heteroatoms. The van der Waals surface area contributed by atoms with Crippen LogP contribution >= 0.6 is 0 Å². The fraction of sp³-hybridized carbons (Fsp3) is 0.562. The lowest BCUT2D eigenvalue weighted by Crippen LogP contribution is -2.70. The normalized spacial score (nSPS) is 29.4. The average Bonchev–Trinajstić information content (AvgIpc) is 2.85. The zero-order chi connectivity index (χ0) is 25.6. The number of amides is 1. The van der Waals surface area contributed by atoms with Crippen LogP contribution in [0.2, 0.25) is 0 Å². The lowest BCUT2D eigenvalue weighted by molar-refractivity contribution is -0.452. The first-order chi connectivity index (χ1) is 14.6. The molecule has 0 spiro atoms. The molecule has 1 saturated heterocycles. The van der Waals surface area contributed by atoms with Gasteiger partial charge >= 0.3 is 5.79 Å². The highest BCUT2D eigenvalue weighted by atomic mass is 16.8. The molecule has 1 atom stereocenters. The minimum Gasteiger partial charge on any atom is -0.493 e. The molecule has 3 rings (SSSR count).